The van der Waals surface area contributed by atoms with Gasteiger partial charge in [-0.05, 0) is 36.1 Å². The van der Waals surface area contributed by atoms with Crippen molar-refractivity contribution >= 4 is 45.6 Å². The minimum atomic E-state index is -0.270. The minimum Gasteiger partial charge on any atom is -0.399 e. The van der Waals surface area contributed by atoms with Crippen LogP contribution in [0.5, 0.6) is 0 Å². The minimum absolute atomic E-state index is 0.137. The molecule has 0 aliphatic carbocycles. The summed E-state index contributed by atoms with van der Waals surface area (Å²) in [6.45, 7) is 2.32. The molecule has 1 aliphatic rings. The number of rotatable bonds is 6. The van der Waals surface area contributed by atoms with Crippen molar-refractivity contribution in [2.45, 2.75) is 19.0 Å². The molecule has 1 amide bonds. The van der Waals surface area contributed by atoms with Crippen LogP contribution in [0, 0.1) is 0 Å². The first kappa shape index (κ1) is 20.7. The van der Waals surface area contributed by atoms with Crippen LogP contribution in [0.4, 0.5) is 17.1 Å². The maximum Gasteiger partial charge on any atom is 0.275 e. The van der Waals surface area contributed by atoms with E-state index < -0.39 is 0 Å². The topological polar surface area (TPSA) is 115 Å². The van der Waals surface area contributed by atoms with Crippen LogP contribution in [-0.4, -0.2) is 39.8 Å². The summed E-state index contributed by atoms with van der Waals surface area (Å²) in [6, 6.07) is 9.79. The van der Waals surface area contributed by atoms with E-state index in [2.05, 4.69) is 31.7 Å². The number of aromatic nitrogens is 3. The van der Waals surface area contributed by atoms with E-state index in [4.69, 9.17) is 11.5 Å². The number of nitrogen functional groups attached to an aromatic ring is 1. The lowest BCUT2D eigenvalue weighted by atomic mass is 10.2. The predicted octanol–water partition coefficient (Wildman–Crippen LogP) is 3.49. The molecule has 5 N–H and O–H groups in total. The molecule has 4 heterocycles. The van der Waals surface area contributed by atoms with Crippen LogP contribution in [0.15, 0.2) is 53.5 Å². The van der Waals surface area contributed by atoms with Crippen LogP contribution in [0.25, 0.3) is 10.6 Å². The smallest absolute Gasteiger partial charge is 0.275 e. The number of thiophene rings is 1. The third-order valence-electron chi connectivity index (χ3n) is 5.35. The van der Waals surface area contributed by atoms with Gasteiger partial charge >= 0.3 is 0 Å². The van der Waals surface area contributed by atoms with Crippen molar-refractivity contribution in [2.24, 2.45) is 5.73 Å². The molecule has 1 fully saturated rings. The van der Waals surface area contributed by atoms with Crippen molar-refractivity contribution in [3.05, 3.63) is 64.1 Å². The fourth-order valence-electron chi connectivity index (χ4n) is 3.76. The Hall–Kier alpha value is -3.21. The van der Waals surface area contributed by atoms with Gasteiger partial charge in [0.1, 0.15) is 10.7 Å². The van der Waals surface area contributed by atoms with Crippen LogP contribution < -0.4 is 21.7 Å². The van der Waals surface area contributed by atoms with Crippen molar-refractivity contribution in [3.8, 4) is 10.6 Å². The summed E-state index contributed by atoms with van der Waals surface area (Å²) in [5, 5.41) is 12.0. The number of benzene rings is 1. The van der Waals surface area contributed by atoms with Gasteiger partial charge in [0.05, 0.1) is 24.1 Å². The lowest BCUT2D eigenvalue weighted by molar-refractivity contribution is 0.102. The molecule has 1 unspecified atom stereocenters. The van der Waals surface area contributed by atoms with E-state index in [0.29, 0.717) is 17.1 Å². The van der Waals surface area contributed by atoms with Crippen molar-refractivity contribution < 1.29 is 4.79 Å². The SMILES string of the molecule is Nc1ccc(N2CCC(N)C2)c(NC(=O)c2csc(-c3cnn(Cc4cccs4)c3)n2)c1. The summed E-state index contributed by atoms with van der Waals surface area (Å²) in [5.41, 5.74) is 15.5. The standard InChI is InChI=1S/C22H23N7OS2/c23-15-3-4-20(28-6-5-16(24)11-28)18(8-15)26-21(30)19-13-32-22(27-19)14-9-25-29(10-14)12-17-2-1-7-31-17/h1-4,7-10,13,16H,5-6,11-12,23-24H2,(H,26,30). The van der Waals surface area contributed by atoms with E-state index in [-0.39, 0.29) is 11.9 Å². The molecule has 5 rings (SSSR count). The number of hydrogen-bond acceptors (Lipinski definition) is 8. The van der Waals surface area contributed by atoms with Gasteiger partial charge in [0.25, 0.3) is 5.91 Å². The zero-order chi connectivity index (χ0) is 22.1. The second kappa shape index (κ2) is 8.73. The lowest BCUT2D eigenvalue weighted by Crippen LogP contribution is -2.27. The highest BCUT2D eigenvalue weighted by molar-refractivity contribution is 7.13. The van der Waals surface area contributed by atoms with E-state index >= 15 is 0 Å². The predicted molar refractivity (Wildman–Crippen MR) is 130 cm³/mol. The molecule has 8 nitrogen and oxygen atoms in total. The summed E-state index contributed by atoms with van der Waals surface area (Å²) < 4.78 is 1.88. The Morgan fingerprint density at radius 2 is 2.19 bits per heavy atom. The van der Waals surface area contributed by atoms with E-state index in [1.807, 2.05) is 29.1 Å². The molecule has 164 valence electrons. The number of nitrogens with two attached hydrogens (primary N) is 2. The molecule has 1 aromatic carbocycles. The van der Waals surface area contributed by atoms with Gasteiger partial charge in [0.15, 0.2) is 0 Å². The largest absolute Gasteiger partial charge is 0.399 e. The fourth-order valence-corrected chi connectivity index (χ4v) is 5.23. The van der Waals surface area contributed by atoms with Gasteiger partial charge in [0, 0.05) is 46.8 Å². The molecular weight excluding hydrogens is 442 g/mol. The number of nitrogens with zero attached hydrogens (tertiary/aromatic N) is 4. The zero-order valence-electron chi connectivity index (χ0n) is 17.3. The summed E-state index contributed by atoms with van der Waals surface area (Å²) >= 11 is 3.12. The Balaban J connectivity index is 1.32. The fraction of sp³-hybridized carbons (Fsp3) is 0.227. The van der Waals surface area contributed by atoms with Crippen molar-refractivity contribution in [2.75, 3.05) is 29.0 Å². The molecule has 4 aromatic rings. The average Bonchev–Trinajstić information content (AvgIpc) is 3.56. The van der Waals surface area contributed by atoms with Crippen molar-refractivity contribution in [3.63, 3.8) is 0 Å². The number of nitrogens with one attached hydrogen (secondary N) is 1. The van der Waals surface area contributed by atoms with Gasteiger partial charge in [-0.1, -0.05) is 6.07 Å². The highest BCUT2D eigenvalue weighted by atomic mass is 32.1. The number of thiazole rings is 1. The van der Waals surface area contributed by atoms with Crippen LogP contribution in [-0.2, 0) is 6.54 Å². The number of anilines is 3. The molecule has 1 aliphatic heterocycles. The summed E-state index contributed by atoms with van der Waals surface area (Å²) in [7, 11) is 0. The number of carbonyl (C=O) groups excluding carboxylic acids is 1. The molecule has 0 spiro atoms. The van der Waals surface area contributed by atoms with Gasteiger partial charge in [-0.3, -0.25) is 9.48 Å². The third kappa shape index (κ3) is 4.38. The molecular formula is C22H23N7OS2. The molecule has 10 heteroatoms. The number of amides is 1. The first-order valence-electron chi connectivity index (χ1n) is 10.3. The highest BCUT2D eigenvalue weighted by Crippen LogP contribution is 2.31. The van der Waals surface area contributed by atoms with Gasteiger partial charge < -0.3 is 21.7 Å². The molecule has 1 atom stereocenters. The zero-order valence-corrected chi connectivity index (χ0v) is 18.9. The molecule has 1 saturated heterocycles. The van der Waals surface area contributed by atoms with Gasteiger partial charge in [0.2, 0.25) is 0 Å². The highest BCUT2D eigenvalue weighted by Gasteiger charge is 2.23. The first-order valence-corrected chi connectivity index (χ1v) is 12.0. The van der Waals surface area contributed by atoms with Gasteiger partial charge in [-0.25, -0.2) is 4.98 Å². The van der Waals surface area contributed by atoms with E-state index in [1.54, 1.807) is 29.0 Å². The third-order valence-corrected chi connectivity index (χ3v) is 7.10. The summed E-state index contributed by atoms with van der Waals surface area (Å²) in [5.74, 6) is -0.270. The molecule has 0 saturated carbocycles. The quantitative estimate of drug-likeness (QED) is 0.376. The molecule has 0 radical (unpaired) electrons. The van der Waals surface area contributed by atoms with Crippen molar-refractivity contribution in [1.29, 1.82) is 0 Å². The van der Waals surface area contributed by atoms with Gasteiger partial charge in [-0.2, -0.15) is 5.10 Å². The maximum atomic E-state index is 12.9. The summed E-state index contributed by atoms with van der Waals surface area (Å²) in [6.07, 6.45) is 4.65. The second-order valence-corrected chi connectivity index (χ2v) is 9.66. The van der Waals surface area contributed by atoms with Crippen LogP contribution >= 0.6 is 22.7 Å². The van der Waals surface area contributed by atoms with Crippen molar-refractivity contribution in [1.82, 2.24) is 14.8 Å². The number of hydrogen-bond donors (Lipinski definition) is 3. The molecule has 32 heavy (non-hydrogen) atoms. The summed E-state index contributed by atoms with van der Waals surface area (Å²) in [4.78, 5) is 20.9. The Morgan fingerprint density at radius 1 is 1.28 bits per heavy atom. The first-order chi connectivity index (χ1) is 15.5. The Bertz CT molecular complexity index is 1230. The monoisotopic (exact) mass is 465 g/mol. The van der Waals surface area contributed by atoms with E-state index in [9.17, 15) is 4.79 Å². The Kier molecular flexibility index (Phi) is 5.64. The Morgan fingerprint density at radius 3 is 2.97 bits per heavy atom. The maximum absolute atomic E-state index is 12.9. The van der Waals surface area contributed by atoms with E-state index in [0.717, 1.165) is 42.3 Å². The average molecular weight is 466 g/mol. The van der Waals surface area contributed by atoms with E-state index in [1.165, 1.54) is 16.2 Å². The normalized spacial score (nSPS) is 15.9. The van der Waals surface area contributed by atoms with Crippen LogP contribution in [0.3, 0.4) is 0 Å². The molecule has 0 bridgehead atoms. The lowest BCUT2D eigenvalue weighted by Gasteiger charge is -2.22. The van der Waals surface area contributed by atoms with Crippen LogP contribution in [0.2, 0.25) is 0 Å². The molecule has 3 aromatic heterocycles. The Labute approximate surface area is 193 Å². The van der Waals surface area contributed by atoms with Gasteiger partial charge in [-0.15, -0.1) is 22.7 Å². The van der Waals surface area contributed by atoms with Crippen LogP contribution in [0.1, 0.15) is 21.8 Å². The number of carbonyl (C=O) groups is 1. The second-order valence-electron chi connectivity index (χ2n) is 7.77.